The van der Waals surface area contributed by atoms with Gasteiger partial charge >= 0.3 is 20.1 Å². The molecule has 0 saturated heterocycles. The molecule has 1 N–H and O–H groups in total. The van der Waals surface area contributed by atoms with Gasteiger partial charge in [-0.25, -0.2) is 4.98 Å². The molecular weight excluding hydrogens is 706 g/mol. The maximum absolute atomic E-state index is 4.46. The Morgan fingerprint density at radius 1 is 0.488 bits per heavy atom. The summed E-state index contributed by atoms with van der Waals surface area (Å²) in [6, 6.07) is 47.4. The Morgan fingerprint density at radius 3 is 1.39 bits per heavy atom. The zero-order valence-electron chi connectivity index (χ0n) is 21.9. The maximum Gasteiger partial charge on any atom is 3.00 e. The fourth-order valence-electron chi connectivity index (χ4n) is 3.73. The van der Waals surface area contributed by atoms with Gasteiger partial charge < -0.3 is 27.4 Å². The van der Waals surface area contributed by atoms with Crippen molar-refractivity contribution in [1.82, 2.24) is 24.9 Å². The first kappa shape index (κ1) is 31.1. The quantitative estimate of drug-likeness (QED) is 0.268. The van der Waals surface area contributed by atoms with Gasteiger partial charge in [-0.05, 0) is 47.8 Å². The van der Waals surface area contributed by atoms with Crippen LogP contribution < -0.4 is 12.4 Å². The first-order valence-corrected chi connectivity index (χ1v) is 12.5. The van der Waals surface area contributed by atoms with Gasteiger partial charge in [0.15, 0.2) is 5.82 Å². The second-order valence-corrected chi connectivity index (χ2v) is 8.30. The van der Waals surface area contributed by atoms with Crippen molar-refractivity contribution in [3.63, 3.8) is 0 Å². The van der Waals surface area contributed by atoms with Crippen LogP contribution in [0.5, 0.6) is 0 Å². The van der Waals surface area contributed by atoms with Gasteiger partial charge in [0, 0.05) is 18.6 Å². The molecule has 4 heterocycles. The van der Waals surface area contributed by atoms with E-state index in [2.05, 4.69) is 37.1 Å². The van der Waals surface area contributed by atoms with Crippen LogP contribution in [0.15, 0.2) is 146 Å². The summed E-state index contributed by atoms with van der Waals surface area (Å²) in [6.45, 7) is 0. The molecule has 202 valence electrons. The summed E-state index contributed by atoms with van der Waals surface area (Å²) in [4.78, 5) is 20.4. The number of rotatable bonds is 3. The Labute approximate surface area is 259 Å². The number of benzene rings is 3. The molecule has 0 spiro atoms. The standard InChI is InChI=1S/C12H9N3.2C11H8N.ClH.Ir/c1-2-6-10-9(5-1)14-12(15-10)11-7-3-4-8-13-11;2*1-2-6-10(7-3-1)11-8-4-5-9-12-11;;/h1-8H,(H,14,15);2*1-6,8-9H;1H;/q;2*-1;;+3/p-1. The number of nitrogens with one attached hydrogen (secondary N) is 1. The van der Waals surface area contributed by atoms with Crippen molar-refractivity contribution < 1.29 is 32.5 Å². The van der Waals surface area contributed by atoms with Crippen LogP contribution in [0.2, 0.25) is 0 Å². The molecule has 0 radical (unpaired) electrons. The number of H-pyrrole nitrogens is 1. The van der Waals surface area contributed by atoms with E-state index in [4.69, 9.17) is 0 Å². The van der Waals surface area contributed by atoms with Crippen molar-refractivity contribution in [1.29, 1.82) is 0 Å². The van der Waals surface area contributed by atoms with Crippen molar-refractivity contribution in [3.05, 3.63) is 158 Å². The molecule has 0 fully saturated rings. The van der Waals surface area contributed by atoms with Crippen LogP contribution in [0.3, 0.4) is 0 Å². The third-order valence-corrected chi connectivity index (χ3v) is 5.60. The van der Waals surface area contributed by atoms with Crippen LogP contribution in [0.1, 0.15) is 0 Å². The largest absolute Gasteiger partial charge is 3.00 e. The van der Waals surface area contributed by atoms with Gasteiger partial charge in [0.2, 0.25) is 0 Å². The Morgan fingerprint density at radius 2 is 0.951 bits per heavy atom. The molecule has 0 bridgehead atoms. The van der Waals surface area contributed by atoms with Crippen LogP contribution >= 0.6 is 0 Å². The second-order valence-electron chi connectivity index (χ2n) is 8.30. The molecule has 0 aliphatic rings. The molecule has 0 aliphatic carbocycles. The molecule has 0 atom stereocenters. The van der Waals surface area contributed by atoms with E-state index in [0.29, 0.717) is 0 Å². The van der Waals surface area contributed by atoms with E-state index < -0.39 is 0 Å². The summed E-state index contributed by atoms with van der Waals surface area (Å²) in [5, 5.41) is 0. The van der Waals surface area contributed by atoms with E-state index in [1.807, 2.05) is 127 Å². The number of imidazole rings is 1. The predicted molar refractivity (Wildman–Crippen MR) is 156 cm³/mol. The molecular formula is C34H25ClIrN5. The number of para-hydroxylation sites is 2. The topological polar surface area (TPSA) is 67.3 Å². The van der Waals surface area contributed by atoms with Crippen molar-refractivity contribution in [2.45, 2.75) is 0 Å². The number of halogens is 1. The summed E-state index contributed by atoms with van der Waals surface area (Å²) in [5.41, 5.74) is 6.90. The molecule has 0 saturated carbocycles. The van der Waals surface area contributed by atoms with E-state index >= 15 is 0 Å². The van der Waals surface area contributed by atoms with E-state index in [-0.39, 0.29) is 32.5 Å². The van der Waals surface area contributed by atoms with Crippen LogP contribution in [-0.2, 0) is 20.1 Å². The summed E-state index contributed by atoms with van der Waals surface area (Å²) >= 11 is 0. The number of aromatic nitrogens is 5. The number of nitrogens with zero attached hydrogens (tertiary/aromatic N) is 4. The van der Waals surface area contributed by atoms with Gasteiger partial charge in [-0.3, -0.25) is 4.98 Å². The normalized spacial score (nSPS) is 9.56. The van der Waals surface area contributed by atoms with E-state index in [0.717, 1.165) is 45.1 Å². The molecule has 0 unspecified atom stereocenters. The van der Waals surface area contributed by atoms with E-state index in [1.54, 1.807) is 18.6 Å². The summed E-state index contributed by atoms with van der Waals surface area (Å²) < 4.78 is 0. The van der Waals surface area contributed by atoms with Crippen LogP contribution in [0, 0.1) is 12.1 Å². The van der Waals surface area contributed by atoms with Gasteiger partial charge in [-0.15, -0.1) is 71.8 Å². The van der Waals surface area contributed by atoms with Gasteiger partial charge in [0.05, 0.1) is 11.0 Å². The second kappa shape index (κ2) is 16.6. The average Bonchev–Trinajstić information content (AvgIpc) is 3.49. The third kappa shape index (κ3) is 9.02. The molecule has 5 nitrogen and oxygen atoms in total. The Bertz CT molecular complexity index is 1500. The fraction of sp³-hybridized carbons (Fsp3) is 0. The molecule has 0 amide bonds. The molecule has 0 aliphatic heterocycles. The molecule has 7 heteroatoms. The minimum atomic E-state index is 0. The minimum absolute atomic E-state index is 0. The average molecular weight is 731 g/mol. The van der Waals surface area contributed by atoms with Crippen LogP contribution in [0.4, 0.5) is 0 Å². The monoisotopic (exact) mass is 731 g/mol. The Hall–Kier alpha value is -4.48. The molecule has 7 rings (SSSR count). The van der Waals surface area contributed by atoms with Gasteiger partial charge in [-0.1, -0.05) is 42.5 Å². The van der Waals surface area contributed by atoms with Crippen LogP contribution in [-0.4, -0.2) is 24.9 Å². The first-order valence-electron chi connectivity index (χ1n) is 12.5. The zero-order valence-corrected chi connectivity index (χ0v) is 25.0. The van der Waals surface area contributed by atoms with E-state index in [9.17, 15) is 0 Å². The molecule has 7 aromatic rings. The summed E-state index contributed by atoms with van der Waals surface area (Å²) in [5.74, 6) is 0.816. The minimum Gasteiger partial charge on any atom is -1.00 e. The third-order valence-electron chi connectivity index (χ3n) is 5.60. The van der Waals surface area contributed by atoms with E-state index in [1.165, 1.54) is 0 Å². The maximum atomic E-state index is 4.46. The smallest absolute Gasteiger partial charge is 1.00 e. The first-order chi connectivity index (χ1) is 19.4. The predicted octanol–water partition coefficient (Wildman–Crippen LogP) is 4.72. The number of fused-ring (bicyclic) bond motifs is 1. The number of aromatic amines is 1. The van der Waals surface area contributed by atoms with Gasteiger partial charge in [0.1, 0.15) is 5.69 Å². The number of hydrogen-bond acceptors (Lipinski definition) is 4. The Kier molecular flexibility index (Phi) is 12.6. The number of pyridine rings is 3. The van der Waals surface area contributed by atoms with Crippen molar-refractivity contribution in [2.75, 3.05) is 0 Å². The fourth-order valence-corrected chi connectivity index (χ4v) is 3.73. The summed E-state index contributed by atoms with van der Waals surface area (Å²) in [7, 11) is 0. The van der Waals surface area contributed by atoms with Gasteiger partial charge in [-0.2, -0.15) is 0 Å². The van der Waals surface area contributed by atoms with Crippen molar-refractivity contribution in [3.8, 4) is 34.0 Å². The van der Waals surface area contributed by atoms with Crippen molar-refractivity contribution in [2.24, 2.45) is 0 Å². The SMILES string of the molecule is [Cl-].[Ir+3].[c-]1ccccc1-c1ccccn1.[c-]1ccccc1-c1ccccn1.c1ccc(-c2nc3ccccc3[nH]2)nc1. The van der Waals surface area contributed by atoms with Crippen LogP contribution in [0.25, 0.3) is 45.1 Å². The Balaban J connectivity index is 0.000000167. The number of hydrogen-bond donors (Lipinski definition) is 1. The van der Waals surface area contributed by atoms with Crippen molar-refractivity contribution >= 4 is 11.0 Å². The van der Waals surface area contributed by atoms with Gasteiger partial charge in [0.25, 0.3) is 0 Å². The molecule has 4 aromatic heterocycles. The molecule has 41 heavy (non-hydrogen) atoms. The zero-order chi connectivity index (χ0) is 26.5. The summed E-state index contributed by atoms with van der Waals surface area (Å²) in [6.07, 6.45) is 5.34. The molecule has 3 aromatic carbocycles.